The predicted octanol–water partition coefficient (Wildman–Crippen LogP) is 3.83. The van der Waals surface area contributed by atoms with Crippen LogP contribution < -0.4 is 10.1 Å². The molecule has 6 nitrogen and oxygen atoms in total. The third kappa shape index (κ3) is 7.02. The number of hydrogen-bond acceptors (Lipinski definition) is 5. The molecule has 1 aliphatic heterocycles. The number of carbonyl (C=O) groups excluding carboxylic acids is 1. The lowest BCUT2D eigenvalue weighted by Crippen LogP contribution is -2.46. The minimum atomic E-state index is -0.619. The maximum Gasteiger partial charge on any atom is 0.224 e. The van der Waals surface area contributed by atoms with Crippen LogP contribution in [-0.2, 0) is 11.2 Å². The summed E-state index contributed by atoms with van der Waals surface area (Å²) in [4.78, 5) is 19.2. The number of aliphatic hydroxyl groups excluding tert-OH is 1. The number of carbonyl (C=O) groups is 1. The Labute approximate surface area is 202 Å². The second kappa shape index (κ2) is 12.5. The standard InChI is InChI=1S/C28H35N3O3/c32-24(21-34-27-15-6-14-26-25(27)13-7-17-29-26)20-31-18-8-12-23(19-31)28(33)30-16-5-4-11-22-9-2-1-3-10-22/h1-3,6-7,9-10,13-15,17,23-24,32H,4-5,8,11-12,16,18-21H2,(H,30,33)/t23-,24?/m1/s1. The molecule has 180 valence electrons. The van der Waals surface area contributed by atoms with Gasteiger partial charge in [-0.2, -0.15) is 0 Å². The quantitative estimate of drug-likeness (QED) is 0.425. The van der Waals surface area contributed by atoms with E-state index in [1.807, 2.05) is 36.4 Å². The minimum absolute atomic E-state index is 0.0138. The van der Waals surface area contributed by atoms with Gasteiger partial charge in [0.2, 0.25) is 5.91 Å². The van der Waals surface area contributed by atoms with Crippen LogP contribution in [0.1, 0.15) is 31.2 Å². The van der Waals surface area contributed by atoms with E-state index in [1.165, 1.54) is 5.56 Å². The van der Waals surface area contributed by atoms with Gasteiger partial charge in [0, 0.05) is 31.2 Å². The van der Waals surface area contributed by atoms with Crippen LogP contribution in [0.2, 0.25) is 0 Å². The lowest BCUT2D eigenvalue weighted by Gasteiger charge is -2.33. The fourth-order valence-electron chi connectivity index (χ4n) is 4.63. The summed E-state index contributed by atoms with van der Waals surface area (Å²) >= 11 is 0. The Balaban J connectivity index is 1.16. The predicted molar refractivity (Wildman–Crippen MR) is 135 cm³/mol. The molecule has 1 fully saturated rings. The van der Waals surface area contributed by atoms with E-state index in [0.717, 1.165) is 61.8 Å². The Morgan fingerprint density at radius 1 is 1.12 bits per heavy atom. The molecule has 0 aliphatic carbocycles. The highest BCUT2D eigenvalue weighted by atomic mass is 16.5. The third-order valence-electron chi connectivity index (χ3n) is 6.42. The van der Waals surface area contributed by atoms with E-state index >= 15 is 0 Å². The van der Waals surface area contributed by atoms with Crippen molar-refractivity contribution in [3.05, 3.63) is 72.4 Å². The van der Waals surface area contributed by atoms with Crippen molar-refractivity contribution in [3.8, 4) is 5.75 Å². The van der Waals surface area contributed by atoms with Gasteiger partial charge in [0.1, 0.15) is 18.5 Å². The Morgan fingerprint density at radius 3 is 2.88 bits per heavy atom. The number of aliphatic hydroxyl groups is 1. The van der Waals surface area contributed by atoms with Gasteiger partial charge >= 0.3 is 0 Å². The molecule has 2 aromatic carbocycles. The topological polar surface area (TPSA) is 74.7 Å². The van der Waals surface area contributed by atoms with Gasteiger partial charge in [0.15, 0.2) is 0 Å². The highest BCUT2D eigenvalue weighted by Crippen LogP contribution is 2.24. The number of fused-ring (bicyclic) bond motifs is 1. The number of ether oxygens (including phenoxy) is 1. The number of aryl methyl sites for hydroxylation is 1. The number of benzene rings is 2. The summed E-state index contributed by atoms with van der Waals surface area (Å²) in [5.74, 6) is 0.853. The lowest BCUT2D eigenvalue weighted by atomic mass is 9.96. The summed E-state index contributed by atoms with van der Waals surface area (Å²) < 4.78 is 5.91. The van der Waals surface area contributed by atoms with Gasteiger partial charge in [-0.3, -0.25) is 14.7 Å². The molecule has 0 radical (unpaired) electrons. The summed E-state index contributed by atoms with van der Waals surface area (Å²) in [5.41, 5.74) is 2.22. The monoisotopic (exact) mass is 461 g/mol. The van der Waals surface area contributed by atoms with Crippen LogP contribution in [0.25, 0.3) is 10.9 Å². The van der Waals surface area contributed by atoms with Crippen LogP contribution in [0.4, 0.5) is 0 Å². The van der Waals surface area contributed by atoms with Crippen LogP contribution in [0, 0.1) is 5.92 Å². The molecule has 1 amide bonds. The molecular formula is C28H35N3O3. The molecule has 1 aromatic heterocycles. The summed E-state index contributed by atoms with van der Waals surface area (Å²) in [6.07, 6.45) is 6.11. The number of β-amino-alcohol motifs (C(OH)–C–C–N with tert-alkyl or cyclic N) is 1. The first kappa shape index (κ1) is 24.2. The normalized spacial score (nSPS) is 17.4. The van der Waals surface area contributed by atoms with Crippen molar-refractivity contribution in [2.75, 3.05) is 32.8 Å². The van der Waals surface area contributed by atoms with Crippen molar-refractivity contribution in [1.29, 1.82) is 0 Å². The number of nitrogens with one attached hydrogen (secondary N) is 1. The van der Waals surface area contributed by atoms with Gasteiger partial charge in [0.05, 0.1) is 11.4 Å². The highest BCUT2D eigenvalue weighted by Gasteiger charge is 2.26. The van der Waals surface area contributed by atoms with Crippen molar-refractivity contribution >= 4 is 16.8 Å². The first-order valence-electron chi connectivity index (χ1n) is 12.4. The van der Waals surface area contributed by atoms with E-state index < -0.39 is 6.10 Å². The molecule has 1 saturated heterocycles. The van der Waals surface area contributed by atoms with Crippen LogP contribution in [-0.4, -0.2) is 59.8 Å². The molecule has 2 N–H and O–H groups in total. The molecule has 0 saturated carbocycles. The average Bonchev–Trinajstić information content (AvgIpc) is 2.88. The number of piperidine rings is 1. The van der Waals surface area contributed by atoms with Crippen molar-refractivity contribution < 1.29 is 14.6 Å². The molecule has 6 heteroatoms. The van der Waals surface area contributed by atoms with Gasteiger partial charge in [-0.05, 0) is 68.5 Å². The zero-order valence-corrected chi connectivity index (χ0v) is 19.7. The number of nitrogens with zero attached hydrogens (tertiary/aromatic N) is 2. The maximum atomic E-state index is 12.7. The number of amides is 1. The molecule has 0 spiro atoms. The van der Waals surface area contributed by atoms with Crippen LogP contribution in [0.15, 0.2) is 66.9 Å². The van der Waals surface area contributed by atoms with E-state index in [4.69, 9.17) is 4.74 Å². The van der Waals surface area contributed by atoms with Crippen LogP contribution in [0.3, 0.4) is 0 Å². The summed E-state index contributed by atoms with van der Waals surface area (Å²) in [6, 6.07) is 20.1. The summed E-state index contributed by atoms with van der Waals surface area (Å²) in [5, 5.41) is 14.6. The summed E-state index contributed by atoms with van der Waals surface area (Å²) in [7, 11) is 0. The van der Waals surface area contributed by atoms with Gasteiger partial charge < -0.3 is 15.2 Å². The maximum absolute atomic E-state index is 12.7. The SMILES string of the molecule is O=C(NCCCCc1ccccc1)[C@@H]1CCCN(CC(O)COc2cccc3ncccc23)C1. The first-order chi connectivity index (χ1) is 16.7. The Morgan fingerprint density at radius 2 is 2.00 bits per heavy atom. The largest absolute Gasteiger partial charge is 0.490 e. The number of pyridine rings is 1. The Kier molecular flexibility index (Phi) is 8.88. The highest BCUT2D eigenvalue weighted by molar-refractivity contribution is 5.84. The van der Waals surface area contributed by atoms with Crippen molar-refractivity contribution in [3.63, 3.8) is 0 Å². The van der Waals surface area contributed by atoms with Crippen molar-refractivity contribution in [1.82, 2.24) is 15.2 Å². The molecule has 4 rings (SSSR count). The average molecular weight is 462 g/mol. The van der Waals surface area contributed by atoms with Crippen molar-refractivity contribution in [2.24, 2.45) is 5.92 Å². The molecule has 3 aromatic rings. The van der Waals surface area contributed by atoms with Crippen LogP contribution >= 0.6 is 0 Å². The number of hydrogen-bond donors (Lipinski definition) is 2. The number of aromatic nitrogens is 1. The second-order valence-electron chi connectivity index (χ2n) is 9.12. The first-order valence-corrected chi connectivity index (χ1v) is 12.4. The van der Waals surface area contributed by atoms with Crippen molar-refractivity contribution in [2.45, 2.75) is 38.2 Å². The van der Waals surface area contributed by atoms with Crippen LogP contribution in [0.5, 0.6) is 5.75 Å². The fourth-order valence-corrected chi connectivity index (χ4v) is 4.63. The molecule has 1 aliphatic rings. The number of rotatable bonds is 11. The zero-order chi connectivity index (χ0) is 23.6. The minimum Gasteiger partial charge on any atom is -0.490 e. The van der Waals surface area contributed by atoms with Gasteiger partial charge in [-0.15, -0.1) is 0 Å². The molecule has 2 atom stereocenters. The van der Waals surface area contributed by atoms with Gasteiger partial charge in [0.25, 0.3) is 0 Å². The van der Waals surface area contributed by atoms with E-state index in [-0.39, 0.29) is 18.4 Å². The number of unbranched alkanes of at least 4 members (excludes halogenated alkanes) is 1. The molecule has 34 heavy (non-hydrogen) atoms. The molecule has 1 unspecified atom stereocenters. The fraction of sp³-hybridized carbons (Fsp3) is 0.429. The zero-order valence-electron chi connectivity index (χ0n) is 19.7. The lowest BCUT2D eigenvalue weighted by molar-refractivity contribution is -0.126. The Bertz CT molecular complexity index is 1040. The molecular weight excluding hydrogens is 426 g/mol. The van der Waals surface area contributed by atoms with E-state index in [0.29, 0.717) is 13.1 Å². The number of likely N-dealkylation sites (tertiary alicyclic amines) is 1. The second-order valence-corrected chi connectivity index (χ2v) is 9.12. The van der Waals surface area contributed by atoms with E-state index in [2.05, 4.69) is 39.5 Å². The summed E-state index contributed by atoms with van der Waals surface area (Å²) in [6.45, 7) is 3.02. The molecule has 2 heterocycles. The van der Waals surface area contributed by atoms with Gasteiger partial charge in [-0.25, -0.2) is 0 Å². The van der Waals surface area contributed by atoms with E-state index in [9.17, 15) is 9.90 Å². The third-order valence-corrected chi connectivity index (χ3v) is 6.42. The van der Waals surface area contributed by atoms with E-state index in [1.54, 1.807) is 6.20 Å². The Hall–Kier alpha value is -2.96. The van der Waals surface area contributed by atoms with Gasteiger partial charge in [-0.1, -0.05) is 36.4 Å². The molecule has 0 bridgehead atoms. The smallest absolute Gasteiger partial charge is 0.224 e.